The second-order valence-corrected chi connectivity index (χ2v) is 19.5. The monoisotopic (exact) mass is 1020 g/mol. The molecule has 0 fully saturated rings. The van der Waals surface area contributed by atoms with E-state index in [-0.39, 0.29) is 37.0 Å². The van der Waals surface area contributed by atoms with Gasteiger partial charge in [0, 0.05) is 12.8 Å². The number of thioether (sulfide) groups is 1. The zero-order valence-corrected chi connectivity index (χ0v) is 42.5. The van der Waals surface area contributed by atoms with Crippen LogP contribution >= 0.6 is 11.8 Å². The topological polar surface area (TPSA) is 411 Å². The number of nitrogens with two attached hydrogens (primary N) is 1. The van der Waals surface area contributed by atoms with Crippen LogP contribution in [0.15, 0.2) is 0 Å². The summed E-state index contributed by atoms with van der Waals surface area (Å²) in [6, 6.07) is -13.3. The van der Waals surface area contributed by atoms with Crippen molar-refractivity contribution in [3.8, 4) is 0 Å². The van der Waals surface area contributed by atoms with Gasteiger partial charge in [-0.1, -0.05) is 55.4 Å². The second kappa shape index (κ2) is 32.3. The minimum atomic E-state index is -1.94. The Morgan fingerprint density at radius 2 is 0.814 bits per heavy atom. The van der Waals surface area contributed by atoms with Gasteiger partial charge in [0.05, 0.1) is 18.8 Å². The molecule has 0 saturated heterocycles. The molecule has 0 aliphatic heterocycles. The minimum absolute atomic E-state index is 0.0736. The molecule has 0 heterocycles. The van der Waals surface area contributed by atoms with Crippen LogP contribution in [0.5, 0.6) is 0 Å². The van der Waals surface area contributed by atoms with Gasteiger partial charge in [0.15, 0.2) is 0 Å². The summed E-state index contributed by atoms with van der Waals surface area (Å²) >= 11 is 1.36. The van der Waals surface area contributed by atoms with Crippen molar-refractivity contribution in [2.24, 2.45) is 29.4 Å². The number of carboxylic acids is 3. The van der Waals surface area contributed by atoms with Crippen molar-refractivity contribution >= 4 is 76.9 Å². The van der Waals surface area contributed by atoms with Gasteiger partial charge < -0.3 is 73.8 Å². The van der Waals surface area contributed by atoms with Crippen molar-refractivity contribution in [3.05, 3.63) is 0 Å². The van der Waals surface area contributed by atoms with Crippen LogP contribution < -0.4 is 48.3 Å². The number of hydrogen-bond acceptors (Lipinski definition) is 15. The maximum atomic E-state index is 13.7. The van der Waals surface area contributed by atoms with Crippen LogP contribution in [0.25, 0.3) is 0 Å². The highest BCUT2D eigenvalue weighted by molar-refractivity contribution is 7.98. The molecule has 0 unspecified atom stereocenters. The molecular formula is C44H77N9O16S. The molecule has 25 nitrogen and oxygen atoms in total. The number of nitrogens with one attached hydrogen (secondary N) is 8. The molecule has 8 amide bonds. The SMILES string of the molecule is CSCC[C@H](NC(=O)[C@@H](NC(=O)[C@H](CO)NC(=O)[C@@H](NC(=O)[C@H](CCC(=O)O)NC(=O)[C@H](CCC(=O)O)NC(=O)[C@H](CC(C)C)NC(=O)[C@@H](N)C(C)C)[C@@H](C)O)C(C)C)C(=O)N[C@@H](CC(C)C)C(=O)O. The Bertz CT molecular complexity index is 1800. The molecule has 0 aliphatic rings. The van der Waals surface area contributed by atoms with Gasteiger partial charge in [0.2, 0.25) is 47.3 Å². The minimum Gasteiger partial charge on any atom is -0.481 e. The van der Waals surface area contributed by atoms with E-state index in [9.17, 15) is 78.3 Å². The summed E-state index contributed by atoms with van der Waals surface area (Å²) in [5.74, 6) is -12.9. The van der Waals surface area contributed by atoms with E-state index < -0.39 is 164 Å². The van der Waals surface area contributed by atoms with E-state index >= 15 is 0 Å². The van der Waals surface area contributed by atoms with E-state index in [1.807, 2.05) is 0 Å². The van der Waals surface area contributed by atoms with Crippen LogP contribution in [0.2, 0.25) is 0 Å². The summed E-state index contributed by atoms with van der Waals surface area (Å²) in [5, 5.41) is 68.2. The van der Waals surface area contributed by atoms with Crippen molar-refractivity contribution in [2.75, 3.05) is 18.6 Å². The zero-order valence-electron chi connectivity index (χ0n) is 41.7. The first-order valence-corrected chi connectivity index (χ1v) is 24.5. The first-order chi connectivity index (χ1) is 32.5. The largest absolute Gasteiger partial charge is 0.481 e. The number of aliphatic carboxylic acids is 3. The molecule has 400 valence electrons. The first-order valence-electron chi connectivity index (χ1n) is 23.1. The zero-order chi connectivity index (χ0) is 54.2. The molecule has 0 aromatic rings. The number of aliphatic hydroxyl groups excluding tert-OH is 2. The maximum Gasteiger partial charge on any atom is 0.326 e. The van der Waals surface area contributed by atoms with Gasteiger partial charge >= 0.3 is 17.9 Å². The van der Waals surface area contributed by atoms with Gasteiger partial charge in [-0.05, 0) is 74.7 Å². The molecular weight excluding hydrogens is 943 g/mol. The van der Waals surface area contributed by atoms with E-state index in [0.717, 1.165) is 6.92 Å². The summed E-state index contributed by atoms with van der Waals surface area (Å²) in [6.45, 7) is 13.5. The number of carboxylic acid groups (broad SMARTS) is 3. The Morgan fingerprint density at radius 1 is 0.457 bits per heavy atom. The third-order valence-corrected chi connectivity index (χ3v) is 11.3. The third-order valence-electron chi connectivity index (χ3n) is 10.6. The van der Waals surface area contributed by atoms with Crippen LogP contribution in [0, 0.1) is 23.7 Å². The van der Waals surface area contributed by atoms with Crippen molar-refractivity contribution in [1.82, 2.24) is 42.5 Å². The van der Waals surface area contributed by atoms with E-state index in [4.69, 9.17) is 5.73 Å². The highest BCUT2D eigenvalue weighted by Gasteiger charge is 2.37. The summed E-state index contributed by atoms with van der Waals surface area (Å²) < 4.78 is 0. The molecule has 10 atom stereocenters. The lowest BCUT2D eigenvalue weighted by molar-refractivity contribution is -0.143. The average molecular weight is 1020 g/mol. The number of rotatable bonds is 34. The van der Waals surface area contributed by atoms with Crippen LogP contribution in [-0.4, -0.2) is 170 Å². The number of amides is 8. The third kappa shape index (κ3) is 24.3. The quantitative estimate of drug-likeness (QED) is 0.0318. The van der Waals surface area contributed by atoms with Crippen molar-refractivity contribution in [1.29, 1.82) is 0 Å². The molecule has 0 spiro atoms. The lowest BCUT2D eigenvalue weighted by Gasteiger charge is -2.29. The summed E-state index contributed by atoms with van der Waals surface area (Å²) in [6.07, 6.45) is -2.29. The summed E-state index contributed by atoms with van der Waals surface area (Å²) in [4.78, 5) is 143. The van der Waals surface area contributed by atoms with Gasteiger partial charge in [-0.2, -0.15) is 11.8 Å². The fraction of sp³-hybridized carbons (Fsp3) is 0.750. The van der Waals surface area contributed by atoms with Crippen LogP contribution in [-0.2, 0) is 52.7 Å². The molecule has 0 aliphatic carbocycles. The van der Waals surface area contributed by atoms with Crippen molar-refractivity contribution < 1.29 is 78.3 Å². The normalized spacial score (nSPS) is 15.7. The van der Waals surface area contributed by atoms with Gasteiger partial charge in [0.1, 0.15) is 48.3 Å². The Labute approximate surface area is 412 Å². The lowest BCUT2D eigenvalue weighted by atomic mass is 9.99. The molecule has 0 saturated carbocycles. The Morgan fingerprint density at radius 3 is 1.21 bits per heavy atom. The number of carbonyl (C=O) groups is 11. The smallest absolute Gasteiger partial charge is 0.326 e. The molecule has 15 N–H and O–H groups in total. The van der Waals surface area contributed by atoms with Gasteiger partial charge in [-0.25, -0.2) is 4.79 Å². The number of aliphatic hydroxyl groups is 2. The Kier molecular flexibility index (Phi) is 29.7. The van der Waals surface area contributed by atoms with Gasteiger partial charge in [0.25, 0.3) is 0 Å². The standard InChI is InChI=1S/C44H77N9O16S/c1-20(2)17-28(49-41(65)33(45)22(5)6)39(63)47-25(11-13-31(56)57)36(60)46-26(12-14-32(58)59)38(62)53-35(24(9)55)43(67)51-30(19-54)40(64)52-34(23(7)8)42(66)48-27(15-16-70-10)37(61)50-29(44(68)69)18-21(3)4/h20-30,33-35,54-55H,11-19,45H2,1-10H3,(H,46,60)(H,47,63)(H,48,66)(H,49,65)(H,50,61)(H,51,67)(H,52,64)(H,53,62)(H,56,57)(H,58,59)(H,68,69)/t24-,25+,26+,27+,28+,29+,30+,33+,34+,35+/m1/s1. The Balaban J connectivity index is 6.45. The predicted molar refractivity (Wildman–Crippen MR) is 255 cm³/mol. The first kappa shape index (κ1) is 64.4. The number of hydrogen-bond donors (Lipinski definition) is 14. The predicted octanol–water partition coefficient (Wildman–Crippen LogP) is -2.46. The second-order valence-electron chi connectivity index (χ2n) is 18.5. The van der Waals surface area contributed by atoms with Crippen molar-refractivity contribution in [3.63, 3.8) is 0 Å². The van der Waals surface area contributed by atoms with Crippen LogP contribution in [0.3, 0.4) is 0 Å². The summed E-state index contributed by atoms with van der Waals surface area (Å²) in [7, 11) is 0. The fourth-order valence-electron chi connectivity index (χ4n) is 6.53. The van der Waals surface area contributed by atoms with Gasteiger partial charge in [-0.15, -0.1) is 0 Å². The highest BCUT2D eigenvalue weighted by Crippen LogP contribution is 2.12. The van der Waals surface area contributed by atoms with E-state index in [1.54, 1.807) is 61.6 Å². The van der Waals surface area contributed by atoms with E-state index in [2.05, 4.69) is 42.5 Å². The van der Waals surface area contributed by atoms with E-state index in [1.165, 1.54) is 11.8 Å². The molecule has 0 aromatic heterocycles. The molecule has 0 bridgehead atoms. The Hall–Kier alpha value is -5.60. The highest BCUT2D eigenvalue weighted by atomic mass is 32.2. The lowest BCUT2D eigenvalue weighted by Crippen LogP contribution is -2.63. The number of carbonyl (C=O) groups excluding carboxylic acids is 8. The van der Waals surface area contributed by atoms with Crippen LogP contribution in [0.1, 0.15) is 107 Å². The molecule has 70 heavy (non-hydrogen) atoms. The molecule has 0 radical (unpaired) electrons. The maximum absolute atomic E-state index is 13.7. The molecule has 26 heteroatoms. The molecule has 0 rings (SSSR count). The van der Waals surface area contributed by atoms with Crippen molar-refractivity contribution in [2.45, 2.75) is 168 Å². The fourth-order valence-corrected chi connectivity index (χ4v) is 7.00. The van der Waals surface area contributed by atoms with Gasteiger partial charge in [-0.3, -0.25) is 47.9 Å². The van der Waals surface area contributed by atoms with Crippen LogP contribution in [0.4, 0.5) is 0 Å². The summed E-state index contributed by atoms with van der Waals surface area (Å²) in [5.41, 5.74) is 5.95. The van der Waals surface area contributed by atoms with E-state index in [0.29, 0.717) is 5.75 Å². The molecule has 0 aromatic carbocycles. The average Bonchev–Trinajstić information content (AvgIpc) is 3.25.